The van der Waals surface area contributed by atoms with E-state index in [9.17, 15) is 14.4 Å². The maximum Gasteiger partial charge on any atom is 0.321 e. The number of halogens is 1. The lowest BCUT2D eigenvalue weighted by Crippen LogP contribution is -2.44. The Bertz CT molecular complexity index is 1400. The van der Waals surface area contributed by atoms with Gasteiger partial charge in [0.15, 0.2) is 11.6 Å². The molecule has 1 saturated heterocycles. The standard InChI is InChI=1S/C28H30ClN7O3/c1-3-35-16-19-14-22(8-9-23(19)26(35)38)32-27-30-15-24(29)25(34-27)31-21-10-12-36(13-11-21)28(39)33-20-6-4-18(5-7-20)17(2)37/h4-9,14-15,21H,3,10-13,16H2,1-2H3,(H,33,39)(H2,30,31,32,34). The Kier molecular flexibility index (Phi) is 7.65. The van der Waals surface area contributed by atoms with Crippen molar-refractivity contribution in [1.82, 2.24) is 19.8 Å². The highest BCUT2D eigenvalue weighted by Gasteiger charge is 2.26. The monoisotopic (exact) mass is 547 g/mol. The van der Waals surface area contributed by atoms with E-state index in [0.717, 1.165) is 29.7 Å². The fraction of sp³-hybridized carbons (Fsp3) is 0.321. The molecule has 2 aliphatic heterocycles. The first kappa shape index (κ1) is 26.4. The molecule has 0 aliphatic carbocycles. The highest BCUT2D eigenvalue weighted by Crippen LogP contribution is 2.28. The number of fused-ring (bicyclic) bond motifs is 1. The molecule has 11 heteroatoms. The molecule has 0 bridgehead atoms. The maximum absolute atomic E-state index is 12.7. The normalized spacial score (nSPS) is 15.2. The van der Waals surface area contributed by atoms with Gasteiger partial charge in [-0.2, -0.15) is 4.98 Å². The molecular weight excluding hydrogens is 518 g/mol. The molecule has 39 heavy (non-hydrogen) atoms. The molecule has 202 valence electrons. The molecule has 0 saturated carbocycles. The summed E-state index contributed by atoms with van der Waals surface area (Å²) < 4.78 is 0. The van der Waals surface area contributed by atoms with Crippen molar-refractivity contribution in [2.24, 2.45) is 0 Å². The molecule has 1 aromatic heterocycles. The number of carbonyl (C=O) groups is 3. The minimum absolute atomic E-state index is 0.0153. The van der Waals surface area contributed by atoms with E-state index in [1.807, 2.05) is 25.1 Å². The number of hydrogen-bond donors (Lipinski definition) is 3. The minimum atomic E-state index is -0.173. The molecule has 10 nitrogen and oxygen atoms in total. The van der Waals surface area contributed by atoms with Crippen LogP contribution in [0, 0.1) is 0 Å². The van der Waals surface area contributed by atoms with Crippen molar-refractivity contribution in [3.8, 4) is 0 Å². The second-order valence-electron chi connectivity index (χ2n) is 9.68. The number of Topliss-reactive ketones (excluding diaryl/α,β-unsaturated/α-hetero) is 1. The lowest BCUT2D eigenvalue weighted by molar-refractivity contribution is 0.0787. The summed E-state index contributed by atoms with van der Waals surface area (Å²) in [4.78, 5) is 49.0. The molecule has 0 atom stereocenters. The third-order valence-corrected chi connectivity index (χ3v) is 7.31. The Morgan fingerprint density at radius 2 is 1.79 bits per heavy atom. The molecule has 0 radical (unpaired) electrons. The van der Waals surface area contributed by atoms with Gasteiger partial charge in [-0.15, -0.1) is 0 Å². The lowest BCUT2D eigenvalue weighted by atomic mass is 10.1. The van der Waals surface area contributed by atoms with Crippen LogP contribution in [-0.2, 0) is 6.54 Å². The zero-order valence-corrected chi connectivity index (χ0v) is 22.6. The Morgan fingerprint density at radius 3 is 2.49 bits per heavy atom. The Hall–Kier alpha value is -4.18. The molecule has 1 fully saturated rings. The van der Waals surface area contributed by atoms with Crippen LogP contribution in [0.1, 0.15) is 53.0 Å². The summed E-state index contributed by atoms with van der Waals surface area (Å²) in [7, 11) is 0. The van der Waals surface area contributed by atoms with Gasteiger partial charge in [0.2, 0.25) is 5.95 Å². The zero-order chi connectivity index (χ0) is 27.5. The van der Waals surface area contributed by atoms with E-state index in [1.165, 1.54) is 6.92 Å². The fourth-order valence-corrected chi connectivity index (χ4v) is 4.93. The van der Waals surface area contributed by atoms with E-state index >= 15 is 0 Å². The van der Waals surface area contributed by atoms with Crippen LogP contribution in [-0.4, -0.2) is 63.2 Å². The predicted molar refractivity (Wildman–Crippen MR) is 151 cm³/mol. The Balaban J connectivity index is 1.16. The van der Waals surface area contributed by atoms with Gasteiger partial charge >= 0.3 is 6.03 Å². The van der Waals surface area contributed by atoms with Crippen molar-refractivity contribution in [3.63, 3.8) is 0 Å². The second-order valence-corrected chi connectivity index (χ2v) is 10.1. The number of ketones is 1. The lowest BCUT2D eigenvalue weighted by Gasteiger charge is -2.32. The molecule has 0 unspecified atom stereocenters. The van der Waals surface area contributed by atoms with Crippen LogP contribution < -0.4 is 16.0 Å². The highest BCUT2D eigenvalue weighted by atomic mass is 35.5. The van der Waals surface area contributed by atoms with Crippen LogP contribution in [0.3, 0.4) is 0 Å². The van der Waals surface area contributed by atoms with Gasteiger partial charge in [0.1, 0.15) is 5.02 Å². The molecule has 5 rings (SSSR count). The number of amides is 3. The fourth-order valence-electron chi connectivity index (χ4n) is 4.78. The van der Waals surface area contributed by atoms with Crippen LogP contribution in [0.25, 0.3) is 0 Å². The molecule has 3 amide bonds. The van der Waals surface area contributed by atoms with Crippen LogP contribution >= 0.6 is 11.6 Å². The van der Waals surface area contributed by atoms with Crippen LogP contribution in [0.15, 0.2) is 48.7 Å². The largest absolute Gasteiger partial charge is 0.366 e. The van der Waals surface area contributed by atoms with Gasteiger partial charge < -0.3 is 25.8 Å². The van der Waals surface area contributed by atoms with Crippen molar-refractivity contribution in [3.05, 3.63) is 70.4 Å². The molecule has 0 spiro atoms. The first-order chi connectivity index (χ1) is 18.8. The summed E-state index contributed by atoms with van der Waals surface area (Å²) in [5.74, 6) is 0.959. The van der Waals surface area contributed by atoms with Gasteiger partial charge in [-0.3, -0.25) is 9.59 Å². The van der Waals surface area contributed by atoms with Gasteiger partial charge in [-0.1, -0.05) is 11.6 Å². The molecule has 3 N–H and O–H groups in total. The molecular formula is C28H30ClN7O3. The van der Waals surface area contributed by atoms with E-state index in [0.29, 0.717) is 54.2 Å². The van der Waals surface area contributed by atoms with Crippen molar-refractivity contribution in [2.45, 2.75) is 39.3 Å². The Morgan fingerprint density at radius 1 is 1.08 bits per heavy atom. The van der Waals surface area contributed by atoms with Crippen molar-refractivity contribution in [2.75, 3.05) is 35.6 Å². The summed E-state index contributed by atoms with van der Waals surface area (Å²) >= 11 is 6.39. The van der Waals surface area contributed by atoms with E-state index in [4.69, 9.17) is 11.6 Å². The first-order valence-electron chi connectivity index (χ1n) is 13.0. The number of rotatable bonds is 7. The van der Waals surface area contributed by atoms with E-state index < -0.39 is 0 Å². The number of urea groups is 1. The number of hydrogen-bond acceptors (Lipinski definition) is 7. The van der Waals surface area contributed by atoms with E-state index in [2.05, 4.69) is 25.9 Å². The van der Waals surface area contributed by atoms with Crippen molar-refractivity contribution >= 4 is 52.5 Å². The smallest absolute Gasteiger partial charge is 0.321 e. The molecule has 3 aromatic rings. The van der Waals surface area contributed by atoms with E-state index in [-0.39, 0.29) is 23.8 Å². The second kappa shape index (κ2) is 11.3. The number of piperidine rings is 1. The average Bonchev–Trinajstić information content (AvgIpc) is 3.26. The number of likely N-dealkylation sites (tertiary alicyclic amines) is 1. The number of nitrogens with zero attached hydrogens (tertiary/aromatic N) is 4. The van der Waals surface area contributed by atoms with Crippen molar-refractivity contribution < 1.29 is 14.4 Å². The zero-order valence-electron chi connectivity index (χ0n) is 21.8. The van der Waals surface area contributed by atoms with Crippen LogP contribution in [0.5, 0.6) is 0 Å². The third kappa shape index (κ3) is 5.96. The molecule has 3 heterocycles. The average molecular weight is 548 g/mol. The topological polar surface area (TPSA) is 120 Å². The number of nitrogens with one attached hydrogen (secondary N) is 3. The predicted octanol–water partition coefficient (Wildman–Crippen LogP) is 5.16. The molecule has 2 aromatic carbocycles. The quantitative estimate of drug-likeness (QED) is 0.349. The number of carbonyl (C=O) groups excluding carboxylic acids is 3. The van der Waals surface area contributed by atoms with Gasteiger partial charge in [-0.05, 0) is 74.7 Å². The number of aromatic nitrogens is 2. The summed E-state index contributed by atoms with van der Waals surface area (Å²) in [6.07, 6.45) is 3.01. The van der Waals surface area contributed by atoms with Crippen LogP contribution in [0.2, 0.25) is 5.02 Å². The van der Waals surface area contributed by atoms with Gasteiger partial charge in [0.05, 0.1) is 6.20 Å². The number of benzene rings is 2. The summed E-state index contributed by atoms with van der Waals surface area (Å²) in [5.41, 5.74) is 3.75. The number of anilines is 4. The minimum Gasteiger partial charge on any atom is -0.366 e. The van der Waals surface area contributed by atoms with Gasteiger partial charge in [-0.25, -0.2) is 9.78 Å². The third-order valence-electron chi connectivity index (χ3n) is 7.03. The van der Waals surface area contributed by atoms with Gasteiger partial charge in [0.25, 0.3) is 5.91 Å². The van der Waals surface area contributed by atoms with Gasteiger partial charge in [0, 0.05) is 54.7 Å². The van der Waals surface area contributed by atoms with E-state index in [1.54, 1.807) is 40.3 Å². The van der Waals surface area contributed by atoms with Crippen LogP contribution in [0.4, 0.5) is 27.9 Å². The highest BCUT2D eigenvalue weighted by molar-refractivity contribution is 6.32. The van der Waals surface area contributed by atoms with Crippen molar-refractivity contribution in [1.29, 1.82) is 0 Å². The Labute approximate surface area is 231 Å². The summed E-state index contributed by atoms with van der Waals surface area (Å²) in [6, 6.07) is 12.4. The summed E-state index contributed by atoms with van der Waals surface area (Å²) in [6.45, 7) is 5.89. The maximum atomic E-state index is 12.7. The molecule has 2 aliphatic rings. The SMILES string of the molecule is CCN1Cc2cc(Nc3ncc(Cl)c(NC4CCN(C(=O)Nc5ccc(C(C)=O)cc5)CC4)n3)ccc2C1=O. The first-order valence-corrected chi connectivity index (χ1v) is 13.3. The summed E-state index contributed by atoms with van der Waals surface area (Å²) in [5, 5.41) is 9.91.